The van der Waals surface area contributed by atoms with E-state index in [-0.39, 0.29) is 34.5 Å². The van der Waals surface area contributed by atoms with Gasteiger partial charge in [-0.25, -0.2) is 9.97 Å². The van der Waals surface area contributed by atoms with Crippen molar-refractivity contribution in [3.05, 3.63) is 59.2 Å². The zero-order valence-corrected chi connectivity index (χ0v) is 20.7. The summed E-state index contributed by atoms with van der Waals surface area (Å²) in [6.07, 6.45) is -6.24. The Hall–Kier alpha value is -4.45. The van der Waals surface area contributed by atoms with Gasteiger partial charge in [0, 0.05) is 28.7 Å². The summed E-state index contributed by atoms with van der Waals surface area (Å²) in [5.74, 6) is 0.494. The molecule has 0 bridgehead atoms. The molecule has 1 fully saturated rings. The van der Waals surface area contributed by atoms with Crippen LogP contribution in [0.4, 0.5) is 17.3 Å². The van der Waals surface area contributed by atoms with Crippen LogP contribution in [0.2, 0.25) is 0 Å². The quantitative estimate of drug-likeness (QED) is 0.189. The summed E-state index contributed by atoms with van der Waals surface area (Å²) < 4.78 is 11.1. The minimum absolute atomic E-state index is 0.0137. The van der Waals surface area contributed by atoms with Gasteiger partial charge in [-0.1, -0.05) is 0 Å². The Kier molecular flexibility index (Phi) is 8.15. The number of nitrogen functional groups attached to an aromatic ring is 1. The molecule has 1 saturated heterocycles. The number of ether oxygens (including phenoxy) is 2. The van der Waals surface area contributed by atoms with Crippen molar-refractivity contribution in [3.8, 4) is 23.2 Å². The highest BCUT2D eigenvalue weighted by Crippen LogP contribution is 2.32. The van der Waals surface area contributed by atoms with Crippen molar-refractivity contribution >= 4 is 29.2 Å². The Balaban J connectivity index is 1.72. The van der Waals surface area contributed by atoms with Crippen molar-refractivity contribution in [2.75, 3.05) is 17.7 Å². The summed E-state index contributed by atoms with van der Waals surface area (Å²) in [7, 11) is 0. The smallest absolute Gasteiger partial charge is 0.229 e. The number of rotatable bonds is 8. The fourth-order valence-corrected chi connectivity index (χ4v) is 4.05. The Morgan fingerprint density at radius 2 is 1.87 bits per heavy atom. The number of nitrogens with zero attached hydrogens (tertiary/aromatic N) is 3. The third-order valence-corrected chi connectivity index (χ3v) is 6.11. The van der Waals surface area contributed by atoms with Crippen molar-refractivity contribution in [3.63, 3.8) is 0 Å². The third kappa shape index (κ3) is 5.70. The Morgan fingerprint density at radius 1 is 1.15 bits per heavy atom. The summed E-state index contributed by atoms with van der Waals surface area (Å²) in [5.41, 5.74) is 8.40. The van der Waals surface area contributed by atoms with E-state index in [4.69, 9.17) is 31.3 Å². The number of benzene rings is 2. The van der Waals surface area contributed by atoms with E-state index in [0.29, 0.717) is 22.4 Å². The molecule has 9 N–H and O–H groups in total. The molecule has 0 aliphatic carbocycles. The molecule has 0 spiro atoms. The minimum Gasteiger partial charge on any atom is -0.462 e. The Bertz CT molecular complexity index is 1420. The van der Waals surface area contributed by atoms with Gasteiger partial charge in [-0.2, -0.15) is 5.26 Å². The molecule has 13 nitrogen and oxygen atoms in total. The van der Waals surface area contributed by atoms with Crippen LogP contribution in [-0.2, 0) is 4.74 Å². The number of hydrogen-bond donors (Lipinski definition) is 8. The van der Waals surface area contributed by atoms with Gasteiger partial charge in [-0.3, -0.25) is 0 Å². The van der Waals surface area contributed by atoms with E-state index >= 15 is 0 Å². The molecule has 0 saturated carbocycles. The van der Waals surface area contributed by atoms with Gasteiger partial charge in [0.15, 0.2) is 5.82 Å². The molecule has 2 aromatic carbocycles. The van der Waals surface area contributed by atoms with Crippen molar-refractivity contribution in [1.29, 1.82) is 16.1 Å². The number of aromatic nitrogens is 2. The van der Waals surface area contributed by atoms with Crippen LogP contribution < -0.4 is 15.8 Å². The van der Waals surface area contributed by atoms with E-state index in [2.05, 4.69) is 15.3 Å². The lowest BCUT2D eigenvalue weighted by molar-refractivity contribution is -0.277. The molecule has 202 valence electrons. The van der Waals surface area contributed by atoms with Gasteiger partial charge in [0.25, 0.3) is 0 Å². The van der Waals surface area contributed by atoms with E-state index < -0.39 is 37.3 Å². The highest BCUT2D eigenvalue weighted by atomic mass is 16.7. The largest absolute Gasteiger partial charge is 0.462 e. The highest BCUT2D eigenvalue weighted by Gasteiger charge is 2.44. The van der Waals surface area contributed by atoms with Gasteiger partial charge in [0.1, 0.15) is 41.8 Å². The maximum absolute atomic E-state index is 10.3. The summed E-state index contributed by atoms with van der Waals surface area (Å²) >= 11 is 0. The Morgan fingerprint density at radius 3 is 2.49 bits per heavy atom. The second-order valence-corrected chi connectivity index (χ2v) is 8.80. The van der Waals surface area contributed by atoms with Crippen LogP contribution in [0.3, 0.4) is 0 Å². The fraction of sp³-hybridized carbons (Fsp3) is 0.269. The average molecular weight is 534 g/mol. The fourth-order valence-electron chi connectivity index (χ4n) is 4.05. The molecule has 3 aromatic rings. The van der Waals surface area contributed by atoms with Gasteiger partial charge in [-0.05, 0) is 49.4 Å². The van der Waals surface area contributed by atoms with Crippen LogP contribution in [0.25, 0.3) is 11.4 Å². The number of hydrogen-bond acceptors (Lipinski definition) is 13. The van der Waals surface area contributed by atoms with Crippen LogP contribution in [0.15, 0.2) is 42.5 Å². The summed E-state index contributed by atoms with van der Waals surface area (Å²) in [6, 6.07) is 13.2. The van der Waals surface area contributed by atoms with Crippen molar-refractivity contribution in [2.24, 2.45) is 0 Å². The molecule has 1 aromatic heterocycles. The number of aliphatic hydroxyl groups is 4. The molecule has 1 aliphatic heterocycles. The van der Waals surface area contributed by atoms with Crippen LogP contribution in [0, 0.1) is 22.1 Å². The van der Waals surface area contributed by atoms with Gasteiger partial charge in [0.05, 0.1) is 23.8 Å². The lowest BCUT2D eigenvalue weighted by Gasteiger charge is -2.39. The molecule has 4 rings (SSSR count). The molecule has 1 aliphatic rings. The number of nitrogens with one attached hydrogen (secondary N) is 3. The van der Waals surface area contributed by atoms with Crippen LogP contribution in [-0.4, -0.2) is 79.6 Å². The number of nitrogens with two attached hydrogens (primary N) is 1. The summed E-state index contributed by atoms with van der Waals surface area (Å²) in [5, 5.41) is 68.0. The minimum atomic E-state index is -1.61. The molecule has 13 heteroatoms. The summed E-state index contributed by atoms with van der Waals surface area (Å²) in [4.78, 5) is 8.92. The van der Waals surface area contributed by atoms with E-state index in [9.17, 15) is 20.4 Å². The molecule has 0 amide bonds. The first-order valence-electron chi connectivity index (χ1n) is 11.8. The molecule has 2 heterocycles. The first kappa shape index (κ1) is 27.6. The van der Waals surface area contributed by atoms with Crippen LogP contribution in [0.1, 0.15) is 23.6 Å². The second-order valence-electron chi connectivity index (χ2n) is 8.80. The first-order valence-corrected chi connectivity index (χ1v) is 11.8. The van der Waals surface area contributed by atoms with E-state index in [0.717, 1.165) is 6.21 Å². The van der Waals surface area contributed by atoms with E-state index in [1.807, 2.05) is 6.07 Å². The second kappa shape index (κ2) is 11.5. The SMILES string of the molecule is CC(=N)c1c(N)nc(-c2cc(OC3OC(CO)C(O)C(O)C3O)ccc2C=N)nc1Nc1ccc(C#N)cc1. The third-order valence-electron chi connectivity index (χ3n) is 6.11. The zero-order chi connectivity index (χ0) is 28.3. The van der Waals surface area contributed by atoms with E-state index in [1.54, 1.807) is 30.3 Å². The predicted molar refractivity (Wildman–Crippen MR) is 141 cm³/mol. The van der Waals surface area contributed by atoms with Crippen molar-refractivity contribution in [1.82, 2.24) is 9.97 Å². The average Bonchev–Trinajstić information content (AvgIpc) is 2.93. The van der Waals surface area contributed by atoms with E-state index in [1.165, 1.54) is 19.1 Å². The molecule has 0 radical (unpaired) electrons. The molecular weight excluding hydrogens is 506 g/mol. The van der Waals surface area contributed by atoms with Gasteiger partial charge in [-0.15, -0.1) is 0 Å². The standard InChI is InChI=1S/C26H27N7O6/c1-12(29)19-23(30)32-24(33-25(19)31-15-5-2-13(9-27)3-6-15)17-8-16(7-4-14(17)10-28)38-26-22(37)21(36)20(35)18(11-34)39-26/h2-8,10,18,20-22,26,28-29,34-37H,11H2,1H3,(H3,30,31,32,33). The molecule has 39 heavy (non-hydrogen) atoms. The number of anilines is 3. The first-order chi connectivity index (χ1) is 18.7. The van der Waals surface area contributed by atoms with Gasteiger partial charge >= 0.3 is 0 Å². The maximum atomic E-state index is 10.3. The van der Waals surface area contributed by atoms with Gasteiger partial charge < -0.3 is 51.8 Å². The topological polar surface area (TPSA) is 235 Å². The lowest BCUT2D eigenvalue weighted by Crippen LogP contribution is -2.60. The van der Waals surface area contributed by atoms with Crippen LogP contribution in [0.5, 0.6) is 5.75 Å². The molecule has 5 unspecified atom stereocenters. The van der Waals surface area contributed by atoms with Gasteiger partial charge in [0.2, 0.25) is 6.29 Å². The normalized spacial score (nSPS) is 22.5. The molecule has 5 atom stereocenters. The lowest BCUT2D eigenvalue weighted by atomic mass is 9.99. The molecular formula is C26H27N7O6. The highest BCUT2D eigenvalue weighted by molar-refractivity contribution is 6.05. The zero-order valence-electron chi connectivity index (χ0n) is 20.7. The van der Waals surface area contributed by atoms with Crippen molar-refractivity contribution < 1.29 is 29.9 Å². The number of aliphatic hydroxyl groups excluding tert-OH is 4. The monoisotopic (exact) mass is 533 g/mol. The summed E-state index contributed by atoms with van der Waals surface area (Å²) in [6.45, 7) is 0.931. The van der Waals surface area contributed by atoms with Crippen molar-refractivity contribution in [2.45, 2.75) is 37.6 Å². The predicted octanol–water partition coefficient (Wildman–Crippen LogP) is 0.905. The maximum Gasteiger partial charge on any atom is 0.229 e. The van der Waals surface area contributed by atoms with Crippen LogP contribution >= 0.6 is 0 Å². The number of nitriles is 1. The Labute approximate surface area is 223 Å².